The van der Waals surface area contributed by atoms with Gasteiger partial charge in [0.1, 0.15) is 0 Å². The number of rotatable bonds is 5. The van der Waals surface area contributed by atoms with Crippen LogP contribution in [-0.4, -0.2) is 21.8 Å². The van der Waals surface area contributed by atoms with Crippen LogP contribution in [0.15, 0.2) is 94.4 Å². The van der Waals surface area contributed by atoms with E-state index in [-0.39, 0.29) is 11.8 Å². The molecule has 6 heteroatoms. The van der Waals surface area contributed by atoms with Gasteiger partial charge in [-0.05, 0) is 31.2 Å². The Labute approximate surface area is 167 Å². The molecule has 0 spiro atoms. The molecule has 142 valence electrons. The molecule has 4 aromatic rings. The first kappa shape index (κ1) is 18.3. The Bertz CT molecular complexity index is 1130. The number of aryl methyl sites for hydroxylation is 1. The molecule has 0 bridgehead atoms. The molecule has 3 aromatic carbocycles. The van der Waals surface area contributed by atoms with Gasteiger partial charge in [0, 0.05) is 16.7 Å². The number of hydrogen-bond donors (Lipinski definition) is 1. The second-order valence-electron chi connectivity index (χ2n) is 6.41. The van der Waals surface area contributed by atoms with Gasteiger partial charge in [-0.25, -0.2) is 5.43 Å². The van der Waals surface area contributed by atoms with E-state index < -0.39 is 0 Å². The number of amides is 1. The number of carbonyl (C=O) groups excluding carboxylic acids is 1. The van der Waals surface area contributed by atoms with Crippen molar-refractivity contribution in [1.82, 2.24) is 15.6 Å². The molecule has 0 saturated heterocycles. The summed E-state index contributed by atoms with van der Waals surface area (Å²) >= 11 is 0. The number of benzene rings is 3. The maximum atomic E-state index is 12.5. The third-order valence-corrected chi connectivity index (χ3v) is 4.28. The molecule has 0 aliphatic rings. The molecule has 4 rings (SSSR count). The minimum atomic E-state index is -0.318. The van der Waals surface area contributed by atoms with Crippen molar-refractivity contribution in [2.24, 2.45) is 5.10 Å². The van der Waals surface area contributed by atoms with Crippen molar-refractivity contribution < 1.29 is 9.21 Å². The first-order chi connectivity index (χ1) is 14.2. The summed E-state index contributed by atoms with van der Waals surface area (Å²) in [6.07, 6.45) is 0. The van der Waals surface area contributed by atoms with Crippen LogP contribution in [0.3, 0.4) is 0 Å². The lowest BCUT2D eigenvalue weighted by Gasteiger charge is -2.04. The summed E-state index contributed by atoms with van der Waals surface area (Å²) in [4.78, 5) is 12.5. The van der Waals surface area contributed by atoms with E-state index >= 15 is 0 Å². The molecule has 6 nitrogen and oxygen atoms in total. The van der Waals surface area contributed by atoms with Crippen LogP contribution in [0.25, 0.3) is 11.5 Å². The van der Waals surface area contributed by atoms with Gasteiger partial charge in [-0.3, -0.25) is 4.79 Å². The lowest BCUT2D eigenvalue weighted by molar-refractivity contribution is 0.0955. The van der Waals surface area contributed by atoms with Gasteiger partial charge in [-0.2, -0.15) is 5.10 Å². The van der Waals surface area contributed by atoms with Gasteiger partial charge in [-0.15, -0.1) is 10.2 Å². The molecule has 0 atom stereocenters. The maximum Gasteiger partial charge on any atom is 0.271 e. The molecule has 0 saturated carbocycles. The molecule has 1 aromatic heterocycles. The molecule has 0 fully saturated rings. The molecule has 0 radical (unpaired) electrons. The normalized spacial score (nSPS) is 11.3. The molecule has 0 unspecified atom stereocenters. The van der Waals surface area contributed by atoms with E-state index in [1.165, 1.54) is 0 Å². The maximum absolute atomic E-state index is 12.5. The highest BCUT2D eigenvalue weighted by molar-refractivity contribution is 6.10. The molecular weight excluding hydrogens is 364 g/mol. The van der Waals surface area contributed by atoms with E-state index in [1.807, 2.05) is 79.7 Å². The fraction of sp³-hybridized carbons (Fsp3) is 0.0435. The predicted molar refractivity (Wildman–Crippen MR) is 110 cm³/mol. The van der Waals surface area contributed by atoms with Crippen molar-refractivity contribution in [3.63, 3.8) is 0 Å². The summed E-state index contributed by atoms with van der Waals surface area (Å²) in [6.45, 7) is 1.97. The van der Waals surface area contributed by atoms with Crippen LogP contribution >= 0.6 is 0 Å². The Balaban J connectivity index is 1.66. The second kappa shape index (κ2) is 8.31. The van der Waals surface area contributed by atoms with Gasteiger partial charge in [0.15, 0.2) is 5.71 Å². The average Bonchev–Trinajstić information content (AvgIpc) is 3.26. The highest BCUT2D eigenvalue weighted by Crippen LogP contribution is 2.19. The zero-order valence-corrected chi connectivity index (χ0v) is 15.7. The summed E-state index contributed by atoms with van der Waals surface area (Å²) < 4.78 is 5.84. The Morgan fingerprint density at radius 1 is 0.828 bits per heavy atom. The quantitative estimate of drug-likeness (QED) is 0.414. The van der Waals surface area contributed by atoms with Gasteiger partial charge >= 0.3 is 0 Å². The lowest BCUT2D eigenvalue weighted by Crippen LogP contribution is -2.20. The van der Waals surface area contributed by atoms with E-state index in [0.29, 0.717) is 17.2 Å². The van der Waals surface area contributed by atoms with E-state index in [9.17, 15) is 4.79 Å². The Morgan fingerprint density at radius 2 is 1.48 bits per heavy atom. The highest BCUT2D eigenvalue weighted by Gasteiger charge is 2.17. The van der Waals surface area contributed by atoms with Crippen molar-refractivity contribution in [3.8, 4) is 11.5 Å². The van der Waals surface area contributed by atoms with Crippen molar-refractivity contribution in [2.45, 2.75) is 6.92 Å². The number of carbonyl (C=O) groups is 1. The van der Waals surface area contributed by atoms with E-state index in [4.69, 9.17) is 4.42 Å². The van der Waals surface area contributed by atoms with E-state index in [2.05, 4.69) is 20.7 Å². The fourth-order valence-electron chi connectivity index (χ4n) is 2.72. The Kier molecular flexibility index (Phi) is 5.25. The smallest absolute Gasteiger partial charge is 0.271 e. The van der Waals surface area contributed by atoms with Crippen LogP contribution in [0.2, 0.25) is 0 Å². The molecular formula is C23H18N4O2. The second-order valence-corrected chi connectivity index (χ2v) is 6.41. The molecule has 1 heterocycles. The van der Waals surface area contributed by atoms with Crippen LogP contribution in [0.4, 0.5) is 0 Å². The SMILES string of the molecule is Cc1ccc(C(=O)N/N=C(\c2ccccc2)c2nnc(-c3ccccc3)o2)cc1. The summed E-state index contributed by atoms with van der Waals surface area (Å²) in [5.41, 5.74) is 6.13. The fourth-order valence-corrected chi connectivity index (χ4v) is 2.72. The summed E-state index contributed by atoms with van der Waals surface area (Å²) in [6, 6.07) is 26.1. The van der Waals surface area contributed by atoms with Crippen LogP contribution < -0.4 is 5.43 Å². The van der Waals surface area contributed by atoms with Crippen molar-refractivity contribution in [1.29, 1.82) is 0 Å². The van der Waals surface area contributed by atoms with Crippen LogP contribution in [0, 0.1) is 6.92 Å². The molecule has 0 aliphatic carbocycles. The van der Waals surface area contributed by atoms with Gasteiger partial charge in [0.25, 0.3) is 11.8 Å². The van der Waals surface area contributed by atoms with Gasteiger partial charge in [-0.1, -0.05) is 66.2 Å². The van der Waals surface area contributed by atoms with Crippen LogP contribution in [-0.2, 0) is 0 Å². The lowest BCUT2D eigenvalue weighted by atomic mass is 10.1. The number of nitrogens with one attached hydrogen (secondary N) is 1. The van der Waals surface area contributed by atoms with Crippen molar-refractivity contribution in [3.05, 3.63) is 108 Å². The first-order valence-electron chi connectivity index (χ1n) is 9.10. The third-order valence-electron chi connectivity index (χ3n) is 4.28. The average molecular weight is 382 g/mol. The van der Waals surface area contributed by atoms with E-state index in [1.54, 1.807) is 12.1 Å². The standard InChI is InChI=1S/C23H18N4O2/c1-16-12-14-18(15-13-16)21(28)25-24-20(17-8-4-2-5-9-17)23-27-26-22(29-23)19-10-6-3-7-11-19/h2-15H,1H3,(H,25,28)/b24-20+. The Hall–Kier alpha value is -4.06. The monoisotopic (exact) mass is 382 g/mol. The zero-order valence-electron chi connectivity index (χ0n) is 15.7. The number of hydrogen-bond acceptors (Lipinski definition) is 5. The predicted octanol–water partition coefficient (Wildman–Crippen LogP) is 4.23. The van der Waals surface area contributed by atoms with Gasteiger partial charge < -0.3 is 4.42 Å². The first-order valence-corrected chi connectivity index (χ1v) is 9.10. The number of hydrazone groups is 1. The summed E-state index contributed by atoms with van der Waals surface area (Å²) in [7, 11) is 0. The molecule has 1 amide bonds. The molecule has 0 aliphatic heterocycles. The molecule has 1 N–H and O–H groups in total. The van der Waals surface area contributed by atoms with Crippen molar-refractivity contribution >= 4 is 11.6 Å². The topological polar surface area (TPSA) is 80.4 Å². The molecule has 29 heavy (non-hydrogen) atoms. The zero-order chi connectivity index (χ0) is 20.1. The van der Waals surface area contributed by atoms with Gasteiger partial charge in [0.05, 0.1) is 0 Å². The van der Waals surface area contributed by atoms with Gasteiger partial charge in [0.2, 0.25) is 5.89 Å². The summed E-state index contributed by atoms with van der Waals surface area (Å²) in [5, 5.41) is 12.5. The minimum absolute atomic E-state index is 0.222. The number of aromatic nitrogens is 2. The van der Waals surface area contributed by atoms with Crippen LogP contribution in [0.5, 0.6) is 0 Å². The summed E-state index contributed by atoms with van der Waals surface area (Å²) in [5.74, 6) is 0.287. The minimum Gasteiger partial charge on any atom is -0.415 e. The largest absolute Gasteiger partial charge is 0.415 e. The Morgan fingerprint density at radius 3 is 2.17 bits per heavy atom. The number of nitrogens with zero attached hydrogens (tertiary/aromatic N) is 3. The third kappa shape index (κ3) is 4.27. The van der Waals surface area contributed by atoms with E-state index in [0.717, 1.165) is 16.7 Å². The highest BCUT2D eigenvalue weighted by atomic mass is 16.4. The van der Waals surface area contributed by atoms with Crippen LogP contribution in [0.1, 0.15) is 27.4 Å². The van der Waals surface area contributed by atoms with Crippen molar-refractivity contribution in [2.75, 3.05) is 0 Å².